The lowest BCUT2D eigenvalue weighted by molar-refractivity contribution is -0.121. The number of carbonyl (C=O) groups is 1. The highest BCUT2D eigenvalue weighted by molar-refractivity contribution is 5.85. The molecule has 1 aromatic carbocycles. The molecule has 0 radical (unpaired) electrons. The maximum absolute atomic E-state index is 11.5. The van der Waals surface area contributed by atoms with Crippen LogP contribution < -0.4 is 10.6 Å². The van der Waals surface area contributed by atoms with Gasteiger partial charge < -0.3 is 10.6 Å². The fourth-order valence-corrected chi connectivity index (χ4v) is 2.08. The minimum atomic E-state index is 0. The maximum Gasteiger partial charge on any atom is 0.220 e. The van der Waals surface area contributed by atoms with E-state index in [9.17, 15) is 4.79 Å². The second-order valence-corrected chi connectivity index (χ2v) is 4.59. The number of fused-ring (bicyclic) bond motifs is 1. The zero-order chi connectivity index (χ0) is 12.1. The van der Waals surface area contributed by atoms with Gasteiger partial charge in [0.15, 0.2) is 0 Å². The maximum atomic E-state index is 11.5. The number of unbranched alkanes of at least 4 members (excludes halogenated alkanes) is 1. The Kier molecular flexibility index (Phi) is 6.16. The molecular formula is C14H21ClN2O. The monoisotopic (exact) mass is 268 g/mol. The van der Waals surface area contributed by atoms with Crippen molar-refractivity contribution < 1.29 is 4.79 Å². The molecule has 2 rings (SSSR count). The van der Waals surface area contributed by atoms with Crippen molar-refractivity contribution in [3.63, 3.8) is 0 Å². The number of halogens is 1. The predicted molar refractivity (Wildman–Crippen MR) is 75.6 cm³/mol. The van der Waals surface area contributed by atoms with Crippen LogP contribution in [0.4, 0.5) is 0 Å². The lowest BCUT2D eigenvalue weighted by Crippen LogP contribution is -2.22. The molecule has 0 saturated carbocycles. The van der Waals surface area contributed by atoms with Gasteiger partial charge in [0.25, 0.3) is 0 Å². The van der Waals surface area contributed by atoms with Crippen LogP contribution in [0.15, 0.2) is 18.2 Å². The third-order valence-electron chi connectivity index (χ3n) is 3.15. The van der Waals surface area contributed by atoms with E-state index in [4.69, 9.17) is 0 Å². The van der Waals surface area contributed by atoms with Crippen molar-refractivity contribution in [3.05, 3.63) is 34.9 Å². The standard InChI is InChI=1S/C14H20N2O.ClH/c1-2-3-4-14(17)16-8-11-5-6-12-9-15-10-13(12)7-11;/h5-7,15H,2-4,8-10H2,1H3,(H,16,17);1H. The summed E-state index contributed by atoms with van der Waals surface area (Å²) in [6, 6.07) is 6.45. The summed E-state index contributed by atoms with van der Waals surface area (Å²) in [5, 5.41) is 6.29. The predicted octanol–water partition coefficient (Wildman–Crippen LogP) is 2.52. The fraction of sp³-hybridized carbons (Fsp3) is 0.500. The number of hydrogen-bond donors (Lipinski definition) is 2. The summed E-state index contributed by atoms with van der Waals surface area (Å²) < 4.78 is 0. The number of nitrogens with one attached hydrogen (secondary N) is 2. The molecule has 1 aliphatic rings. The van der Waals surface area contributed by atoms with Gasteiger partial charge in [0.2, 0.25) is 5.91 Å². The number of carbonyl (C=O) groups excluding carboxylic acids is 1. The molecule has 0 fully saturated rings. The van der Waals surface area contributed by atoms with E-state index in [1.54, 1.807) is 0 Å². The van der Waals surface area contributed by atoms with Crippen LogP contribution in [0.1, 0.15) is 42.9 Å². The largest absolute Gasteiger partial charge is 0.352 e. The molecular weight excluding hydrogens is 248 g/mol. The molecule has 2 N–H and O–H groups in total. The molecule has 3 nitrogen and oxygen atoms in total. The topological polar surface area (TPSA) is 41.1 Å². The number of amides is 1. The minimum absolute atomic E-state index is 0. The van der Waals surface area contributed by atoms with Crippen LogP contribution in [0.25, 0.3) is 0 Å². The molecule has 100 valence electrons. The van der Waals surface area contributed by atoms with E-state index in [0.29, 0.717) is 13.0 Å². The second-order valence-electron chi connectivity index (χ2n) is 4.59. The van der Waals surface area contributed by atoms with E-state index >= 15 is 0 Å². The minimum Gasteiger partial charge on any atom is -0.352 e. The van der Waals surface area contributed by atoms with Crippen LogP contribution in [0, 0.1) is 0 Å². The zero-order valence-electron chi connectivity index (χ0n) is 10.8. The van der Waals surface area contributed by atoms with Crippen LogP contribution in [0.3, 0.4) is 0 Å². The molecule has 0 aromatic heterocycles. The first-order valence-corrected chi connectivity index (χ1v) is 6.37. The Morgan fingerprint density at radius 2 is 2.11 bits per heavy atom. The normalized spacial score (nSPS) is 12.7. The molecule has 4 heteroatoms. The Balaban J connectivity index is 0.00000162. The summed E-state index contributed by atoms with van der Waals surface area (Å²) in [4.78, 5) is 11.5. The van der Waals surface area contributed by atoms with Crippen LogP contribution in [0.2, 0.25) is 0 Å². The molecule has 0 saturated heterocycles. The van der Waals surface area contributed by atoms with Crippen molar-refractivity contribution in [3.8, 4) is 0 Å². The van der Waals surface area contributed by atoms with Gasteiger partial charge in [-0.05, 0) is 23.1 Å². The lowest BCUT2D eigenvalue weighted by Gasteiger charge is -2.06. The quantitative estimate of drug-likeness (QED) is 0.862. The van der Waals surface area contributed by atoms with E-state index in [-0.39, 0.29) is 18.3 Å². The van der Waals surface area contributed by atoms with Crippen LogP contribution in [-0.4, -0.2) is 5.91 Å². The molecule has 0 bridgehead atoms. The Bertz CT molecular complexity index is 407. The van der Waals surface area contributed by atoms with Crippen molar-refractivity contribution >= 4 is 18.3 Å². The average molecular weight is 269 g/mol. The van der Waals surface area contributed by atoms with Gasteiger partial charge >= 0.3 is 0 Å². The molecule has 1 aromatic rings. The van der Waals surface area contributed by atoms with E-state index in [0.717, 1.165) is 25.9 Å². The van der Waals surface area contributed by atoms with Crippen molar-refractivity contribution in [1.82, 2.24) is 10.6 Å². The lowest BCUT2D eigenvalue weighted by atomic mass is 10.1. The Hall–Kier alpha value is -1.06. The SMILES string of the molecule is CCCCC(=O)NCc1ccc2c(c1)CNC2.Cl. The van der Waals surface area contributed by atoms with Crippen LogP contribution in [-0.2, 0) is 24.4 Å². The summed E-state index contributed by atoms with van der Waals surface area (Å²) in [6.45, 7) is 4.67. The van der Waals surface area contributed by atoms with Gasteiger partial charge in [0.1, 0.15) is 0 Å². The number of rotatable bonds is 5. The average Bonchev–Trinajstić information content (AvgIpc) is 2.81. The summed E-state index contributed by atoms with van der Waals surface area (Å²) >= 11 is 0. The van der Waals surface area contributed by atoms with E-state index in [2.05, 4.69) is 35.8 Å². The third-order valence-corrected chi connectivity index (χ3v) is 3.15. The first kappa shape index (κ1) is 15.0. The van der Waals surface area contributed by atoms with Gasteiger partial charge in [0, 0.05) is 26.1 Å². The zero-order valence-corrected chi connectivity index (χ0v) is 11.6. The van der Waals surface area contributed by atoms with Crippen molar-refractivity contribution in [2.75, 3.05) is 0 Å². The van der Waals surface area contributed by atoms with E-state index < -0.39 is 0 Å². The Labute approximate surface area is 115 Å². The molecule has 1 amide bonds. The van der Waals surface area contributed by atoms with E-state index in [1.807, 2.05) is 0 Å². The smallest absolute Gasteiger partial charge is 0.220 e. The van der Waals surface area contributed by atoms with E-state index in [1.165, 1.54) is 16.7 Å². The summed E-state index contributed by atoms with van der Waals surface area (Å²) in [7, 11) is 0. The molecule has 1 heterocycles. The van der Waals surface area contributed by atoms with Gasteiger partial charge in [-0.1, -0.05) is 31.5 Å². The molecule has 1 aliphatic heterocycles. The number of benzene rings is 1. The third kappa shape index (κ3) is 4.00. The molecule has 0 atom stereocenters. The Morgan fingerprint density at radius 1 is 1.33 bits per heavy atom. The second kappa shape index (κ2) is 7.39. The summed E-state index contributed by atoms with van der Waals surface area (Å²) in [5.41, 5.74) is 3.94. The van der Waals surface area contributed by atoms with Gasteiger partial charge in [-0.3, -0.25) is 4.79 Å². The molecule has 18 heavy (non-hydrogen) atoms. The van der Waals surface area contributed by atoms with Crippen LogP contribution in [0.5, 0.6) is 0 Å². The van der Waals surface area contributed by atoms with Gasteiger partial charge in [-0.25, -0.2) is 0 Å². The molecule has 0 spiro atoms. The highest BCUT2D eigenvalue weighted by Gasteiger charge is 2.10. The highest BCUT2D eigenvalue weighted by Crippen LogP contribution is 2.16. The summed E-state index contributed by atoms with van der Waals surface area (Å²) in [6.07, 6.45) is 2.68. The summed E-state index contributed by atoms with van der Waals surface area (Å²) in [5.74, 6) is 0.158. The van der Waals surface area contributed by atoms with Gasteiger partial charge in [-0.2, -0.15) is 0 Å². The Morgan fingerprint density at radius 3 is 2.89 bits per heavy atom. The molecule has 0 aliphatic carbocycles. The number of hydrogen-bond acceptors (Lipinski definition) is 2. The first-order valence-electron chi connectivity index (χ1n) is 6.37. The highest BCUT2D eigenvalue weighted by atomic mass is 35.5. The van der Waals surface area contributed by atoms with Crippen molar-refractivity contribution in [1.29, 1.82) is 0 Å². The van der Waals surface area contributed by atoms with Crippen molar-refractivity contribution in [2.45, 2.75) is 45.8 Å². The van der Waals surface area contributed by atoms with Gasteiger partial charge in [-0.15, -0.1) is 12.4 Å². The van der Waals surface area contributed by atoms with Gasteiger partial charge in [0.05, 0.1) is 0 Å². The van der Waals surface area contributed by atoms with Crippen molar-refractivity contribution in [2.24, 2.45) is 0 Å². The first-order chi connectivity index (χ1) is 8.29. The fourth-order valence-electron chi connectivity index (χ4n) is 2.08. The van der Waals surface area contributed by atoms with Crippen LogP contribution >= 0.6 is 12.4 Å². The molecule has 0 unspecified atom stereocenters.